The summed E-state index contributed by atoms with van der Waals surface area (Å²) >= 11 is 0. The number of fused-ring (bicyclic) bond motifs is 1. The summed E-state index contributed by atoms with van der Waals surface area (Å²) in [5.74, 6) is -0.262. The zero-order valence-corrected chi connectivity index (χ0v) is 11.8. The molecule has 3 rings (SSSR count). The van der Waals surface area contributed by atoms with E-state index in [9.17, 15) is 4.39 Å². The lowest BCUT2D eigenvalue weighted by molar-refractivity contribution is -0.0409. The molecule has 0 radical (unpaired) electrons. The Kier molecular flexibility index (Phi) is 3.68. The minimum atomic E-state index is -0.262. The number of aromatic nitrogens is 1. The molecule has 2 atom stereocenters. The fraction of sp³-hybridized carbons (Fsp3) is 0.438. The Bertz CT molecular complexity index is 606. The SMILES string of the molecule is C[C@H]1COC[C@H](C)N1Cc1cnc2c(F)cccc2c1. The number of hydrogen-bond acceptors (Lipinski definition) is 3. The summed E-state index contributed by atoms with van der Waals surface area (Å²) in [6, 6.07) is 7.88. The van der Waals surface area contributed by atoms with E-state index >= 15 is 0 Å². The topological polar surface area (TPSA) is 25.4 Å². The molecule has 1 aromatic heterocycles. The van der Waals surface area contributed by atoms with Gasteiger partial charge in [0.25, 0.3) is 0 Å². The van der Waals surface area contributed by atoms with Crippen LogP contribution >= 0.6 is 0 Å². The van der Waals surface area contributed by atoms with Crippen LogP contribution in [-0.4, -0.2) is 35.2 Å². The molecule has 0 spiro atoms. The van der Waals surface area contributed by atoms with E-state index in [1.165, 1.54) is 6.07 Å². The number of ether oxygens (including phenoxy) is 1. The van der Waals surface area contributed by atoms with Crippen molar-refractivity contribution in [3.8, 4) is 0 Å². The van der Waals surface area contributed by atoms with Crippen LogP contribution in [-0.2, 0) is 11.3 Å². The van der Waals surface area contributed by atoms with Gasteiger partial charge in [-0.25, -0.2) is 4.39 Å². The molecule has 1 aliphatic rings. The second-order valence-corrected chi connectivity index (χ2v) is 5.56. The third-order valence-electron chi connectivity index (χ3n) is 3.93. The van der Waals surface area contributed by atoms with E-state index in [1.807, 2.05) is 12.1 Å². The second-order valence-electron chi connectivity index (χ2n) is 5.56. The predicted molar refractivity (Wildman–Crippen MR) is 77.0 cm³/mol. The molecule has 1 aromatic carbocycles. The van der Waals surface area contributed by atoms with Crippen molar-refractivity contribution in [2.24, 2.45) is 0 Å². The molecular formula is C16H19FN2O. The minimum absolute atomic E-state index is 0.262. The number of benzene rings is 1. The van der Waals surface area contributed by atoms with Crippen LogP contribution in [0.3, 0.4) is 0 Å². The van der Waals surface area contributed by atoms with Gasteiger partial charge < -0.3 is 4.74 Å². The number of hydrogen-bond donors (Lipinski definition) is 0. The molecule has 3 nitrogen and oxygen atoms in total. The van der Waals surface area contributed by atoms with E-state index in [0.717, 1.165) is 30.7 Å². The van der Waals surface area contributed by atoms with E-state index in [-0.39, 0.29) is 5.82 Å². The van der Waals surface area contributed by atoms with Crippen LogP contribution < -0.4 is 0 Å². The first-order valence-electron chi connectivity index (χ1n) is 7.02. The summed E-state index contributed by atoms with van der Waals surface area (Å²) in [5.41, 5.74) is 1.56. The fourth-order valence-electron chi connectivity index (χ4n) is 2.81. The van der Waals surface area contributed by atoms with Crippen molar-refractivity contribution in [3.63, 3.8) is 0 Å². The average molecular weight is 274 g/mol. The molecule has 1 saturated heterocycles. The van der Waals surface area contributed by atoms with Crippen LogP contribution in [0.5, 0.6) is 0 Å². The highest BCUT2D eigenvalue weighted by Gasteiger charge is 2.25. The Hall–Kier alpha value is -1.52. The van der Waals surface area contributed by atoms with Crippen molar-refractivity contribution in [1.29, 1.82) is 0 Å². The number of pyridine rings is 1. The Labute approximate surface area is 118 Å². The molecular weight excluding hydrogens is 255 g/mol. The molecule has 2 aromatic rings. The third kappa shape index (κ3) is 2.53. The Morgan fingerprint density at radius 1 is 1.30 bits per heavy atom. The van der Waals surface area contributed by atoms with Crippen molar-refractivity contribution in [1.82, 2.24) is 9.88 Å². The first kappa shape index (κ1) is 13.5. The standard InChI is InChI=1S/C16H19FN2O/c1-11-9-20-10-12(2)19(11)8-13-6-14-4-3-5-15(17)16(14)18-7-13/h3-7,11-12H,8-10H2,1-2H3/t11-,12-/m0/s1. The molecule has 1 aliphatic heterocycles. The van der Waals surface area contributed by atoms with E-state index < -0.39 is 0 Å². The predicted octanol–water partition coefficient (Wildman–Crippen LogP) is 2.98. The molecule has 0 saturated carbocycles. The van der Waals surface area contributed by atoms with Crippen molar-refractivity contribution in [2.45, 2.75) is 32.5 Å². The number of nitrogens with zero attached hydrogens (tertiary/aromatic N) is 2. The van der Waals surface area contributed by atoms with Crippen LogP contribution in [0.15, 0.2) is 30.5 Å². The molecule has 20 heavy (non-hydrogen) atoms. The Morgan fingerprint density at radius 2 is 2.05 bits per heavy atom. The quantitative estimate of drug-likeness (QED) is 0.842. The second kappa shape index (κ2) is 5.46. The summed E-state index contributed by atoms with van der Waals surface area (Å²) < 4.78 is 19.2. The highest BCUT2D eigenvalue weighted by Crippen LogP contribution is 2.20. The van der Waals surface area contributed by atoms with E-state index in [0.29, 0.717) is 17.6 Å². The number of halogens is 1. The van der Waals surface area contributed by atoms with Gasteiger partial charge in [-0.3, -0.25) is 9.88 Å². The van der Waals surface area contributed by atoms with Gasteiger partial charge in [0.05, 0.1) is 13.2 Å². The molecule has 0 amide bonds. The normalized spacial score (nSPS) is 24.1. The minimum Gasteiger partial charge on any atom is -0.378 e. The summed E-state index contributed by atoms with van der Waals surface area (Å²) in [6.45, 7) is 6.69. The van der Waals surface area contributed by atoms with Crippen LogP contribution in [0, 0.1) is 5.82 Å². The van der Waals surface area contributed by atoms with E-state index in [2.05, 4.69) is 23.7 Å². The molecule has 0 aliphatic carbocycles. The van der Waals surface area contributed by atoms with Crippen LogP contribution in [0.2, 0.25) is 0 Å². The van der Waals surface area contributed by atoms with Crippen LogP contribution in [0.25, 0.3) is 10.9 Å². The maximum Gasteiger partial charge on any atom is 0.149 e. The highest BCUT2D eigenvalue weighted by atomic mass is 19.1. The molecule has 1 fully saturated rings. The molecule has 0 N–H and O–H groups in total. The summed E-state index contributed by atoms with van der Waals surface area (Å²) in [7, 11) is 0. The molecule has 2 heterocycles. The zero-order chi connectivity index (χ0) is 14.1. The lowest BCUT2D eigenvalue weighted by Gasteiger charge is -2.38. The van der Waals surface area contributed by atoms with Crippen molar-refractivity contribution < 1.29 is 9.13 Å². The van der Waals surface area contributed by atoms with Crippen LogP contribution in [0.1, 0.15) is 19.4 Å². The first-order chi connectivity index (χ1) is 9.65. The maximum absolute atomic E-state index is 13.6. The maximum atomic E-state index is 13.6. The van der Waals surface area contributed by atoms with Gasteiger partial charge in [0.2, 0.25) is 0 Å². The highest BCUT2D eigenvalue weighted by molar-refractivity contribution is 5.79. The molecule has 106 valence electrons. The monoisotopic (exact) mass is 274 g/mol. The lowest BCUT2D eigenvalue weighted by Crippen LogP contribution is -2.48. The summed E-state index contributed by atoms with van der Waals surface area (Å²) in [4.78, 5) is 6.67. The lowest BCUT2D eigenvalue weighted by atomic mass is 10.1. The smallest absolute Gasteiger partial charge is 0.149 e. The van der Waals surface area contributed by atoms with Gasteiger partial charge in [-0.2, -0.15) is 0 Å². The van der Waals surface area contributed by atoms with E-state index in [4.69, 9.17) is 4.74 Å². The molecule has 0 bridgehead atoms. The molecule has 4 heteroatoms. The van der Waals surface area contributed by atoms with Gasteiger partial charge in [0.15, 0.2) is 0 Å². The van der Waals surface area contributed by atoms with Crippen molar-refractivity contribution in [2.75, 3.05) is 13.2 Å². The number of morpholine rings is 1. The van der Waals surface area contributed by atoms with Crippen molar-refractivity contribution in [3.05, 3.63) is 41.8 Å². The van der Waals surface area contributed by atoms with E-state index in [1.54, 1.807) is 12.3 Å². The third-order valence-corrected chi connectivity index (χ3v) is 3.93. The molecule has 0 unspecified atom stereocenters. The Balaban J connectivity index is 1.87. The van der Waals surface area contributed by atoms with Gasteiger partial charge in [0, 0.05) is 30.2 Å². The van der Waals surface area contributed by atoms with Gasteiger partial charge in [-0.15, -0.1) is 0 Å². The van der Waals surface area contributed by atoms with Gasteiger partial charge in [-0.05, 0) is 31.5 Å². The van der Waals surface area contributed by atoms with Crippen LogP contribution in [0.4, 0.5) is 4.39 Å². The largest absolute Gasteiger partial charge is 0.378 e. The average Bonchev–Trinajstić information content (AvgIpc) is 2.43. The number of para-hydroxylation sites is 1. The van der Waals surface area contributed by atoms with Gasteiger partial charge >= 0.3 is 0 Å². The van der Waals surface area contributed by atoms with Gasteiger partial charge in [0.1, 0.15) is 11.3 Å². The Morgan fingerprint density at radius 3 is 2.80 bits per heavy atom. The number of rotatable bonds is 2. The van der Waals surface area contributed by atoms with Gasteiger partial charge in [-0.1, -0.05) is 12.1 Å². The summed E-state index contributed by atoms with van der Waals surface area (Å²) in [6.07, 6.45) is 1.78. The van der Waals surface area contributed by atoms with Crippen molar-refractivity contribution >= 4 is 10.9 Å². The first-order valence-corrected chi connectivity index (χ1v) is 7.02. The fourth-order valence-corrected chi connectivity index (χ4v) is 2.81. The summed E-state index contributed by atoms with van der Waals surface area (Å²) in [5, 5.41) is 0.857. The zero-order valence-electron chi connectivity index (χ0n) is 11.8.